The number of halogens is 1. The summed E-state index contributed by atoms with van der Waals surface area (Å²) in [6.45, 7) is 1.96. The number of nitrogens with zero attached hydrogens (tertiary/aromatic N) is 2. The molecule has 1 aromatic heterocycles. The summed E-state index contributed by atoms with van der Waals surface area (Å²) in [4.78, 5) is 19.6. The Labute approximate surface area is 157 Å². The maximum absolute atomic E-state index is 12.9. The van der Waals surface area contributed by atoms with Crippen LogP contribution in [-0.4, -0.2) is 50.5 Å². The Morgan fingerprint density at radius 3 is 2.58 bits per heavy atom. The summed E-state index contributed by atoms with van der Waals surface area (Å²) in [7, 11) is 3.74. The van der Waals surface area contributed by atoms with Gasteiger partial charge in [0.05, 0.1) is 6.42 Å². The Kier molecular flexibility index (Phi) is 8.08. The van der Waals surface area contributed by atoms with Crippen molar-refractivity contribution in [3.63, 3.8) is 0 Å². The van der Waals surface area contributed by atoms with Gasteiger partial charge in [-0.15, -0.1) is 11.3 Å². The summed E-state index contributed by atoms with van der Waals surface area (Å²) in [6.07, 6.45) is 1.22. The molecule has 1 amide bonds. The zero-order valence-corrected chi connectivity index (χ0v) is 16.0. The van der Waals surface area contributed by atoms with Crippen LogP contribution < -0.4 is 10.6 Å². The smallest absolute Gasteiger partial charge is 0.224 e. The minimum Gasteiger partial charge on any atom is -0.354 e. The normalized spacial score (nSPS) is 11.3. The van der Waals surface area contributed by atoms with Crippen LogP contribution in [0.2, 0.25) is 0 Å². The number of likely N-dealkylation sites (N-methyl/N-ethyl adjacent to an activating group) is 1. The summed E-state index contributed by atoms with van der Waals surface area (Å²) < 4.78 is 12.9. The van der Waals surface area contributed by atoms with Crippen molar-refractivity contribution in [1.29, 1.82) is 0 Å². The average molecular weight is 377 g/mol. The number of carbonyl (C=O) groups excluding carboxylic acids is 1. The summed E-state index contributed by atoms with van der Waals surface area (Å²) in [5.41, 5.74) is 0.793. The zero-order valence-electron chi connectivity index (χ0n) is 15.2. The summed E-state index contributed by atoms with van der Waals surface area (Å²) in [5, 5.41) is 8.17. The van der Waals surface area contributed by atoms with Crippen LogP contribution in [0.15, 0.2) is 46.8 Å². The molecular weight excluding hydrogens is 351 g/mol. The molecular formula is C19H25FN4OS. The van der Waals surface area contributed by atoms with Gasteiger partial charge in [-0.25, -0.2) is 4.39 Å². The average Bonchev–Trinajstić information content (AvgIpc) is 3.15. The zero-order chi connectivity index (χ0) is 18.8. The first kappa shape index (κ1) is 19.9. The van der Waals surface area contributed by atoms with Crippen molar-refractivity contribution in [3.05, 3.63) is 58.0 Å². The third kappa shape index (κ3) is 6.84. The number of hydrogen-bond acceptors (Lipinski definition) is 3. The minimum atomic E-state index is -0.298. The van der Waals surface area contributed by atoms with E-state index in [0.717, 1.165) is 24.5 Å². The SMILES string of the molecule is CN=C(NCCNC(=O)Cc1ccc(F)cc1)N(C)CCc1cccs1. The number of thiophene rings is 1. The lowest BCUT2D eigenvalue weighted by molar-refractivity contribution is -0.120. The molecule has 26 heavy (non-hydrogen) atoms. The first-order valence-corrected chi connectivity index (χ1v) is 9.41. The molecule has 0 saturated carbocycles. The third-order valence-corrected chi connectivity index (χ3v) is 4.79. The molecule has 0 aliphatic rings. The first-order chi connectivity index (χ1) is 12.6. The van der Waals surface area contributed by atoms with Crippen molar-refractivity contribution in [3.8, 4) is 0 Å². The number of nitrogens with one attached hydrogen (secondary N) is 2. The third-order valence-electron chi connectivity index (χ3n) is 3.86. The monoisotopic (exact) mass is 376 g/mol. The van der Waals surface area contributed by atoms with E-state index in [0.29, 0.717) is 13.1 Å². The predicted octanol–water partition coefficient (Wildman–Crippen LogP) is 2.30. The maximum atomic E-state index is 12.9. The molecule has 2 N–H and O–H groups in total. The number of rotatable bonds is 8. The molecule has 0 saturated heterocycles. The van der Waals surface area contributed by atoms with Gasteiger partial charge in [-0.05, 0) is 35.6 Å². The van der Waals surface area contributed by atoms with E-state index in [9.17, 15) is 9.18 Å². The maximum Gasteiger partial charge on any atom is 0.224 e. The lowest BCUT2D eigenvalue weighted by atomic mass is 10.1. The van der Waals surface area contributed by atoms with Crippen molar-refractivity contribution in [2.24, 2.45) is 4.99 Å². The predicted molar refractivity (Wildman–Crippen MR) is 105 cm³/mol. The second-order valence-corrected chi connectivity index (χ2v) is 6.91. The van der Waals surface area contributed by atoms with Crippen LogP contribution in [0.25, 0.3) is 0 Å². The molecule has 2 rings (SSSR count). The number of guanidine groups is 1. The second kappa shape index (κ2) is 10.6. The van der Waals surface area contributed by atoms with Gasteiger partial charge in [0.25, 0.3) is 0 Å². The van der Waals surface area contributed by atoms with Crippen LogP contribution in [0.5, 0.6) is 0 Å². The van der Waals surface area contributed by atoms with Gasteiger partial charge in [0.15, 0.2) is 5.96 Å². The summed E-state index contributed by atoms with van der Waals surface area (Å²) in [6, 6.07) is 10.2. The van der Waals surface area contributed by atoms with Crippen molar-refractivity contribution < 1.29 is 9.18 Å². The molecule has 7 heteroatoms. The quantitative estimate of drug-likeness (QED) is 0.422. The van der Waals surface area contributed by atoms with Gasteiger partial charge < -0.3 is 15.5 Å². The van der Waals surface area contributed by atoms with Gasteiger partial charge in [-0.1, -0.05) is 18.2 Å². The number of benzene rings is 1. The largest absolute Gasteiger partial charge is 0.354 e. The fourth-order valence-corrected chi connectivity index (χ4v) is 3.15. The Balaban J connectivity index is 1.65. The van der Waals surface area contributed by atoms with E-state index in [1.54, 1.807) is 30.5 Å². The highest BCUT2D eigenvalue weighted by Crippen LogP contribution is 2.09. The van der Waals surface area contributed by atoms with Crippen molar-refractivity contribution >= 4 is 23.2 Å². The Morgan fingerprint density at radius 2 is 1.92 bits per heavy atom. The highest BCUT2D eigenvalue weighted by Gasteiger charge is 2.07. The minimum absolute atomic E-state index is 0.0838. The van der Waals surface area contributed by atoms with Gasteiger partial charge in [-0.2, -0.15) is 0 Å². The van der Waals surface area contributed by atoms with E-state index in [-0.39, 0.29) is 18.1 Å². The number of aliphatic imine (C=N–C) groups is 1. The van der Waals surface area contributed by atoms with Crippen molar-refractivity contribution in [2.45, 2.75) is 12.8 Å². The second-order valence-electron chi connectivity index (χ2n) is 5.88. The van der Waals surface area contributed by atoms with E-state index in [4.69, 9.17) is 0 Å². The van der Waals surface area contributed by atoms with Crippen LogP contribution in [0.3, 0.4) is 0 Å². The fourth-order valence-electron chi connectivity index (χ4n) is 2.45. The van der Waals surface area contributed by atoms with E-state index >= 15 is 0 Å². The molecule has 0 radical (unpaired) electrons. The number of carbonyl (C=O) groups is 1. The highest BCUT2D eigenvalue weighted by atomic mass is 32.1. The van der Waals surface area contributed by atoms with Crippen molar-refractivity contribution in [1.82, 2.24) is 15.5 Å². The van der Waals surface area contributed by atoms with Gasteiger partial charge in [0.1, 0.15) is 5.82 Å². The molecule has 0 unspecified atom stereocenters. The van der Waals surface area contributed by atoms with Crippen LogP contribution in [0.4, 0.5) is 4.39 Å². The Hall–Kier alpha value is -2.41. The fraction of sp³-hybridized carbons (Fsp3) is 0.368. The standard InChI is InChI=1S/C19H25FN4OS/c1-21-19(24(2)12-9-17-4-3-13-26-17)23-11-10-22-18(25)14-15-5-7-16(20)8-6-15/h3-8,13H,9-12,14H2,1-2H3,(H,21,23)(H,22,25). The van der Waals surface area contributed by atoms with E-state index in [1.807, 2.05) is 7.05 Å². The van der Waals surface area contributed by atoms with Gasteiger partial charge >= 0.3 is 0 Å². The topological polar surface area (TPSA) is 56.7 Å². The number of amides is 1. The first-order valence-electron chi connectivity index (χ1n) is 8.54. The lowest BCUT2D eigenvalue weighted by Crippen LogP contribution is -2.43. The number of hydrogen-bond donors (Lipinski definition) is 2. The molecule has 1 heterocycles. The Bertz CT molecular complexity index is 701. The van der Waals surface area contributed by atoms with Crippen LogP contribution in [-0.2, 0) is 17.6 Å². The molecule has 0 bridgehead atoms. The Morgan fingerprint density at radius 1 is 1.19 bits per heavy atom. The molecule has 5 nitrogen and oxygen atoms in total. The summed E-state index contributed by atoms with van der Waals surface area (Å²) in [5.74, 6) is 0.418. The molecule has 0 spiro atoms. The van der Waals surface area contributed by atoms with Gasteiger partial charge in [-0.3, -0.25) is 9.79 Å². The molecule has 0 atom stereocenters. The highest BCUT2D eigenvalue weighted by molar-refractivity contribution is 7.09. The van der Waals surface area contributed by atoms with Gasteiger partial charge in [0, 0.05) is 38.6 Å². The van der Waals surface area contributed by atoms with E-state index in [2.05, 4.69) is 38.0 Å². The molecule has 2 aromatic rings. The lowest BCUT2D eigenvalue weighted by Gasteiger charge is -2.21. The molecule has 0 aliphatic heterocycles. The van der Waals surface area contributed by atoms with E-state index < -0.39 is 0 Å². The molecule has 0 fully saturated rings. The molecule has 1 aromatic carbocycles. The molecule has 0 aliphatic carbocycles. The van der Waals surface area contributed by atoms with Crippen molar-refractivity contribution in [2.75, 3.05) is 33.7 Å². The van der Waals surface area contributed by atoms with Crippen LogP contribution in [0, 0.1) is 5.82 Å². The van der Waals surface area contributed by atoms with Crippen LogP contribution >= 0.6 is 11.3 Å². The molecule has 140 valence electrons. The van der Waals surface area contributed by atoms with Gasteiger partial charge in [0.2, 0.25) is 5.91 Å². The van der Waals surface area contributed by atoms with Crippen LogP contribution in [0.1, 0.15) is 10.4 Å². The van der Waals surface area contributed by atoms with E-state index in [1.165, 1.54) is 17.0 Å². The summed E-state index contributed by atoms with van der Waals surface area (Å²) >= 11 is 1.76.